The third-order valence-corrected chi connectivity index (χ3v) is 5.32. The molecule has 2 aliphatic heterocycles. The zero-order valence-electron chi connectivity index (χ0n) is 11.0. The molecule has 19 heavy (non-hydrogen) atoms. The molecule has 0 aromatic rings. The number of amides is 2. The quantitative estimate of drug-likeness (QED) is 0.568. The van der Waals surface area contributed by atoms with Crippen LogP contribution in [-0.4, -0.2) is 80.8 Å². The predicted octanol–water partition coefficient (Wildman–Crippen LogP) is -1.94. The summed E-state index contributed by atoms with van der Waals surface area (Å²) < 4.78 is 22.6. The summed E-state index contributed by atoms with van der Waals surface area (Å²) in [5, 5.41) is 2.52. The van der Waals surface area contributed by atoms with Gasteiger partial charge in [0.05, 0.1) is 11.5 Å². The summed E-state index contributed by atoms with van der Waals surface area (Å²) in [4.78, 5) is 27.3. The van der Waals surface area contributed by atoms with Gasteiger partial charge in [0, 0.05) is 32.2 Å². The lowest BCUT2D eigenvalue weighted by molar-refractivity contribution is -0.147. The maximum Gasteiger partial charge on any atom is 0.311 e. The largest absolute Gasteiger partial charge is 0.344 e. The molecule has 0 saturated carbocycles. The maximum absolute atomic E-state index is 11.9. The Balaban J connectivity index is 1.85. The van der Waals surface area contributed by atoms with Gasteiger partial charge in [-0.2, -0.15) is 0 Å². The summed E-state index contributed by atoms with van der Waals surface area (Å²) in [6.07, 6.45) is 0.393. The SMILES string of the molecule is CN1CCN(C(=O)C(=O)NC2CCS(=O)(=O)C2)CC1. The third-order valence-electron chi connectivity index (χ3n) is 3.55. The highest BCUT2D eigenvalue weighted by Gasteiger charge is 2.32. The van der Waals surface area contributed by atoms with Crippen molar-refractivity contribution >= 4 is 21.7 Å². The number of nitrogens with one attached hydrogen (secondary N) is 1. The molecule has 8 heteroatoms. The van der Waals surface area contributed by atoms with Crippen LogP contribution in [0.2, 0.25) is 0 Å². The lowest BCUT2D eigenvalue weighted by Gasteiger charge is -2.32. The van der Waals surface area contributed by atoms with Gasteiger partial charge in [0.2, 0.25) is 0 Å². The predicted molar refractivity (Wildman–Crippen MR) is 69.3 cm³/mol. The minimum absolute atomic E-state index is 0.0608. The average Bonchev–Trinajstić information content (AvgIpc) is 2.68. The van der Waals surface area contributed by atoms with E-state index in [1.807, 2.05) is 7.05 Å². The molecule has 2 rings (SSSR count). The Kier molecular flexibility index (Phi) is 4.10. The fourth-order valence-electron chi connectivity index (χ4n) is 2.31. The molecule has 1 unspecified atom stereocenters. The van der Waals surface area contributed by atoms with Crippen molar-refractivity contribution in [1.82, 2.24) is 15.1 Å². The first-order valence-electron chi connectivity index (χ1n) is 6.36. The minimum atomic E-state index is -3.05. The van der Waals surface area contributed by atoms with Gasteiger partial charge in [-0.25, -0.2) is 8.42 Å². The highest BCUT2D eigenvalue weighted by atomic mass is 32.2. The molecular weight excluding hydrogens is 270 g/mol. The number of hydrogen-bond acceptors (Lipinski definition) is 5. The Bertz CT molecular complexity index is 468. The Morgan fingerprint density at radius 1 is 1.16 bits per heavy atom. The first kappa shape index (κ1) is 14.3. The molecule has 0 bridgehead atoms. The van der Waals surface area contributed by atoms with Crippen molar-refractivity contribution in [3.8, 4) is 0 Å². The summed E-state index contributed by atoms with van der Waals surface area (Å²) >= 11 is 0. The van der Waals surface area contributed by atoms with Crippen LogP contribution in [0.1, 0.15) is 6.42 Å². The number of carbonyl (C=O) groups excluding carboxylic acids is 2. The second kappa shape index (κ2) is 5.46. The van der Waals surface area contributed by atoms with Gasteiger partial charge >= 0.3 is 11.8 Å². The van der Waals surface area contributed by atoms with Gasteiger partial charge in [0.15, 0.2) is 9.84 Å². The molecule has 0 radical (unpaired) electrons. The Morgan fingerprint density at radius 2 is 1.79 bits per heavy atom. The summed E-state index contributed by atoms with van der Waals surface area (Å²) in [6.45, 7) is 2.56. The summed E-state index contributed by atoms with van der Waals surface area (Å²) in [7, 11) is -1.08. The van der Waals surface area contributed by atoms with Crippen molar-refractivity contribution in [1.29, 1.82) is 0 Å². The number of carbonyl (C=O) groups is 2. The van der Waals surface area contributed by atoms with Crippen LogP contribution in [0.25, 0.3) is 0 Å². The highest BCUT2D eigenvalue weighted by Crippen LogP contribution is 2.11. The standard InChI is InChI=1S/C11H19N3O4S/c1-13-3-5-14(6-4-13)11(16)10(15)12-9-2-7-19(17,18)8-9/h9H,2-8H2,1H3,(H,12,15). The van der Waals surface area contributed by atoms with E-state index in [0.717, 1.165) is 13.1 Å². The number of hydrogen-bond donors (Lipinski definition) is 1. The van der Waals surface area contributed by atoms with E-state index in [2.05, 4.69) is 10.2 Å². The smallest absolute Gasteiger partial charge is 0.311 e. The second-order valence-corrected chi connectivity index (χ2v) is 7.40. The maximum atomic E-state index is 11.9. The van der Waals surface area contributed by atoms with Crippen LogP contribution in [0, 0.1) is 0 Å². The van der Waals surface area contributed by atoms with E-state index < -0.39 is 27.7 Å². The van der Waals surface area contributed by atoms with Crippen LogP contribution in [0.15, 0.2) is 0 Å². The molecule has 108 valence electrons. The van der Waals surface area contributed by atoms with Crippen molar-refractivity contribution in [2.24, 2.45) is 0 Å². The van der Waals surface area contributed by atoms with E-state index in [1.165, 1.54) is 4.90 Å². The first-order chi connectivity index (χ1) is 8.87. The Labute approximate surface area is 112 Å². The zero-order chi connectivity index (χ0) is 14.0. The van der Waals surface area contributed by atoms with Gasteiger partial charge in [-0.3, -0.25) is 9.59 Å². The van der Waals surface area contributed by atoms with Gasteiger partial charge in [0.1, 0.15) is 0 Å². The van der Waals surface area contributed by atoms with Crippen molar-refractivity contribution in [3.05, 3.63) is 0 Å². The highest BCUT2D eigenvalue weighted by molar-refractivity contribution is 7.91. The van der Waals surface area contributed by atoms with Crippen LogP contribution in [0.3, 0.4) is 0 Å². The molecule has 0 aromatic carbocycles. The van der Waals surface area contributed by atoms with E-state index in [9.17, 15) is 18.0 Å². The van der Waals surface area contributed by atoms with Crippen molar-refractivity contribution in [3.63, 3.8) is 0 Å². The minimum Gasteiger partial charge on any atom is -0.344 e. The first-order valence-corrected chi connectivity index (χ1v) is 8.18. The lowest BCUT2D eigenvalue weighted by atomic mass is 10.2. The van der Waals surface area contributed by atoms with Gasteiger partial charge < -0.3 is 15.1 Å². The summed E-state index contributed by atoms with van der Waals surface area (Å²) in [5.74, 6) is -1.22. The molecule has 0 spiro atoms. The van der Waals surface area contributed by atoms with Crippen molar-refractivity contribution < 1.29 is 18.0 Å². The van der Waals surface area contributed by atoms with E-state index in [4.69, 9.17) is 0 Å². The number of sulfone groups is 1. The van der Waals surface area contributed by atoms with E-state index in [1.54, 1.807) is 0 Å². The normalized spacial score (nSPS) is 27.2. The Hall–Kier alpha value is -1.15. The number of rotatable bonds is 1. The van der Waals surface area contributed by atoms with Crippen LogP contribution < -0.4 is 5.32 Å². The molecule has 0 aliphatic carbocycles. The molecular formula is C11H19N3O4S. The lowest BCUT2D eigenvalue weighted by Crippen LogP contribution is -2.53. The Morgan fingerprint density at radius 3 is 2.32 bits per heavy atom. The fraction of sp³-hybridized carbons (Fsp3) is 0.818. The molecule has 2 amide bonds. The molecule has 1 atom stereocenters. The molecule has 1 N–H and O–H groups in total. The molecule has 2 aliphatic rings. The fourth-order valence-corrected chi connectivity index (χ4v) is 3.98. The number of nitrogens with zero attached hydrogens (tertiary/aromatic N) is 2. The topological polar surface area (TPSA) is 86.8 Å². The van der Waals surface area contributed by atoms with Crippen molar-refractivity contribution in [2.75, 3.05) is 44.7 Å². The van der Waals surface area contributed by atoms with E-state index in [-0.39, 0.29) is 11.5 Å². The third kappa shape index (κ3) is 3.66. The van der Waals surface area contributed by atoms with Crippen LogP contribution >= 0.6 is 0 Å². The summed E-state index contributed by atoms with van der Waals surface area (Å²) in [6, 6.07) is -0.422. The number of piperazine rings is 1. The number of likely N-dealkylation sites (N-methyl/N-ethyl adjacent to an activating group) is 1. The summed E-state index contributed by atoms with van der Waals surface area (Å²) in [5.41, 5.74) is 0. The molecule has 2 fully saturated rings. The zero-order valence-corrected chi connectivity index (χ0v) is 11.8. The molecule has 0 aromatic heterocycles. The monoisotopic (exact) mass is 289 g/mol. The van der Waals surface area contributed by atoms with E-state index in [0.29, 0.717) is 19.5 Å². The van der Waals surface area contributed by atoms with Gasteiger partial charge in [0.25, 0.3) is 0 Å². The molecule has 2 saturated heterocycles. The average molecular weight is 289 g/mol. The van der Waals surface area contributed by atoms with Crippen LogP contribution in [0.5, 0.6) is 0 Å². The van der Waals surface area contributed by atoms with Gasteiger partial charge in [-0.1, -0.05) is 0 Å². The van der Waals surface area contributed by atoms with Gasteiger partial charge in [-0.05, 0) is 13.5 Å². The van der Waals surface area contributed by atoms with Gasteiger partial charge in [-0.15, -0.1) is 0 Å². The molecule has 7 nitrogen and oxygen atoms in total. The second-order valence-electron chi connectivity index (χ2n) is 5.17. The van der Waals surface area contributed by atoms with Crippen molar-refractivity contribution in [2.45, 2.75) is 12.5 Å². The van der Waals surface area contributed by atoms with E-state index >= 15 is 0 Å². The van der Waals surface area contributed by atoms with Crippen LogP contribution in [0.4, 0.5) is 0 Å². The van der Waals surface area contributed by atoms with Crippen LogP contribution in [-0.2, 0) is 19.4 Å². The molecule has 2 heterocycles.